The molecule has 0 amide bonds. The van der Waals surface area contributed by atoms with Crippen LogP contribution in [0.2, 0.25) is 0 Å². The van der Waals surface area contributed by atoms with Crippen molar-refractivity contribution in [3.63, 3.8) is 0 Å². The number of halogens is 3. The largest absolute Gasteiger partial charge is 0.366 e. The monoisotopic (exact) mass is 274 g/mol. The van der Waals surface area contributed by atoms with Gasteiger partial charge in [-0.3, -0.25) is 0 Å². The van der Waals surface area contributed by atoms with Gasteiger partial charge in [-0.15, -0.1) is 0 Å². The van der Waals surface area contributed by atoms with Gasteiger partial charge in [-0.2, -0.15) is 0 Å². The molecule has 1 aromatic carbocycles. The highest BCUT2D eigenvalue weighted by molar-refractivity contribution is 5.54. The molecular formula is C14H21F3N2. The number of rotatable bonds is 5. The van der Waals surface area contributed by atoms with Gasteiger partial charge in [0, 0.05) is 19.1 Å². The lowest BCUT2D eigenvalue weighted by atomic mass is 10.1. The van der Waals surface area contributed by atoms with Gasteiger partial charge in [0.15, 0.2) is 0 Å². The predicted molar refractivity (Wildman–Crippen MR) is 72.3 cm³/mol. The van der Waals surface area contributed by atoms with Crippen LogP contribution >= 0.6 is 0 Å². The lowest BCUT2D eigenvalue weighted by Gasteiger charge is -2.25. The van der Waals surface area contributed by atoms with Crippen molar-refractivity contribution in [1.29, 1.82) is 0 Å². The number of hydrogen-bond acceptors (Lipinski definition) is 2. The summed E-state index contributed by atoms with van der Waals surface area (Å²) in [7, 11) is 1.48. The second-order valence-corrected chi connectivity index (χ2v) is 5.62. The Morgan fingerprint density at radius 1 is 1.26 bits per heavy atom. The molecular weight excluding hydrogens is 253 g/mol. The Morgan fingerprint density at radius 2 is 1.89 bits per heavy atom. The Morgan fingerprint density at radius 3 is 2.42 bits per heavy atom. The number of hydrogen-bond donors (Lipinski definition) is 1. The average molecular weight is 274 g/mol. The molecule has 0 spiro atoms. The molecule has 108 valence electrons. The topological polar surface area (TPSA) is 15.3 Å². The summed E-state index contributed by atoms with van der Waals surface area (Å²) in [4.78, 5) is 1.26. The van der Waals surface area contributed by atoms with Gasteiger partial charge in [-0.25, -0.2) is 13.2 Å². The maximum absolute atomic E-state index is 13.9. The summed E-state index contributed by atoms with van der Waals surface area (Å²) < 4.78 is 38.7. The molecule has 0 aliphatic heterocycles. The summed E-state index contributed by atoms with van der Waals surface area (Å²) in [5, 5.41) is 3.23. The summed E-state index contributed by atoms with van der Waals surface area (Å²) in [6.07, 6.45) is -2.49. The summed E-state index contributed by atoms with van der Waals surface area (Å²) in [5.41, 5.74) is 0.794. The van der Waals surface area contributed by atoms with Crippen molar-refractivity contribution in [2.24, 2.45) is 0 Å². The first-order valence-electron chi connectivity index (χ1n) is 6.22. The molecule has 2 nitrogen and oxygen atoms in total. The van der Waals surface area contributed by atoms with E-state index in [1.54, 1.807) is 12.1 Å². The Labute approximate surface area is 112 Å². The lowest BCUT2D eigenvalue weighted by Crippen LogP contribution is -2.36. The highest BCUT2D eigenvalue weighted by Gasteiger charge is 2.17. The van der Waals surface area contributed by atoms with Crippen LogP contribution in [0.25, 0.3) is 0 Å². The third-order valence-corrected chi connectivity index (χ3v) is 2.67. The normalized spacial score (nSPS) is 12.0. The lowest BCUT2D eigenvalue weighted by molar-refractivity contribution is 0.156. The minimum Gasteiger partial charge on any atom is -0.366 e. The summed E-state index contributed by atoms with van der Waals surface area (Å²) in [6, 6.07) is 4.63. The molecule has 0 bridgehead atoms. The smallest absolute Gasteiger partial charge is 0.255 e. The third-order valence-electron chi connectivity index (χ3n) is 2.67. The van der Waals surface area contributed by atoms with Crippen LogP contribution < -0.4 is 10.2 Å². The highest BCUT2D eigenvalue weighted by Crippen LogP contribution is 2.24. The van der Waals surface area contributed by atoms with Gasteiger partial charge in [0.25, 0.3) is 6.43 Å². The van der Waals surface area contributed by atoms with Crippen molar-refractivity contribution in [3.8, 4) is 0 Å². The minimum absolute atomic E-state index is 0.120. The molecule has 0 saturated heterocycles. The summed E-state index contributed by atoms with van der Waals surface area (Å²) >= 11 is 0. The Bertz CT molecular complexity index is 414. The van der Waals surface area contributed by atoms with Gasteiger partial charge in [-0.1, -0.05) is 12.1 Å². The van der Waals surface area contributed by atoms with Crippen LogP contribution in [0.15, 0.2) is 18.2 Å². The van der Waals surface area contributed by atoms with Crippen LogP contribution in [0.1, 0.15) is 26.3 Å². The number of anilines is 1. The fourth-order valence-electron chi connectivity index (χ4n) is 1.79. The summed E-state index contributed by atoms with van der Waals surface area (Å²) in [6.45, 7) is 5.94. The zero-order chi connectivity index (χ0) is 14.6. The Kier molecular flexibility index (Phi) is 5.23. The number of para-hydroxylation sites is 1. The zero-order valence-electron chi connectivity index (χ0n) is 11.8. The van der Waals surface area contributed by atoms with Crippen LogP contribution in [-0.4, -0.2) is 25.6 Å². The molecule has 0 fully saturated rings. The molecule has 0 radical (unpaired) electrons. The first-order valence-corrected chi connectivity index (χ1v) is 6.22. The first kappa shape index (κ1) is 15.8. The van der Waals surface area contributed by atoms with Crippen LogP contribution in [0.5, 0.6) is 0 Å². The van der Waals surface area contributed by atoms with E-state index in [-0.39, 0.29) is 11.2 Å². The number of nitrogens with one attached hydrogen (secondary N) is 1. The van der Waals surface area contributed by atoms with Gasteiger partial charge >= 0.3 is 0 Å². The molecule has 0 saturated carbocycles. The van der Waals surface area contributed by atoms with E-state index in [1.807, 2.05) is 20.8 Å². The number of nitrogens with zero attached hydrogens (tertiary/aromatic N) is 1. The van der Waals surface area contributed by atoms with Crippen molar-refractivity contribution in [3.05, 3.63) is 29.6 Å². The van der Waals surface area contributed by atoms with Crippen LogP contribution in [0.3, 0.4) is 0 Å². The van der Waals surface area contributed by atoms with E-state index in [4.69, 9.17) is 0 Å². The maximum Gasteiger partial charge on any atom is 0.255 e. The van der Waals surface area contributed by atoms with Crippen molar-refractivity contribution < 1.29 is 13.2 Å². The third kappa shape index (κ3) is 5.11. The quantitative estimate of drug-likeness (QED) is 0.885. The standard InChI is InChI=1S/C14H21F3N2/c1-14(2,3)18-8-10-6-5-7-11(15)13(10)19(4)9-12(16)17/h5-7,12,18H,8-9H2,1-4H3. The second kappa shape index (κ2) is 6.28. The molecule has 0 aliphatic rings. The molecule has 1 aromatic rings. The van der Waals surface area contributed by atoms with Crippen LogP contribution in [0.4, 0.5) is 18.9 Å². The van der Waals surface area contributed by atoms with Crippen molar-refractivity contribution in [2.45, 2.75) is 39.3 Å². The van der Waals surface area contributed by atoms with E-state index in [9.17, 15) is 13.2 Å². The molecule has 1 rings (SSSR count). The van der Waals surface area contributed by atoms with Crippen LogP contribution in [0, 0.1) is 5.82 Å². The van der Waals surface area contributed by atoms with E-state index >= 15 is 0 Å². The van der Waals surface area contributed by atoms with Gasteiger partial charge in [0.1, 0.15) is 5.82 Å². The fourth-order valence-corrected chi connectivity index (χ4v) is 1.79. The van der Waals surface area contributed by atoms with Crippen molar-refractivity contribution in [1.82, 2.24) is 5.32 Å². The van der Waals surface area contributed by atoms with E-state index < -0.39 is 18.8 Å². The molecule has 0 aromatic heterocycles. The fraction of sp³-hybridized carbons (Fsp3) is 0.571. The number of alkyl halides is 2. The first-order chi connectivity index (χ1) is 8.70. The van der Waals surface area contributed by atoms with E-state index in [0.717, 1.165) is 0 Å². The van der Waals surface area contributed by atoms with Crippen molar-refractivity contribution >= 4 is 5.69 Å². The molecule has 19 heavy (non-hydrogen) atoms. The van der Waals surface area contributed by atoms with E-state index in [1.165, 1.54) is 18.0 Å². The molecule has 1 N–H and O–H groups in total. The maximum atomic E-state index is 13.9. The predicted octanol–water partition coefficient (Wildman–Crippen LogP) is 3.42. The SMILES string of the molecule is CN(CC(F)F)c1c(F)cccc1CNC(C)(C)C. The van der Waals surface area contributed by atoms with Gasteiger partial charge in [0.2, 0.25) is 0 Å². The summed E-state index contributed by atoms with van der Waals surface area (Å²) in [5.74, 6) is -0.476. The minimum atomic E-state index is -2.49. The zero-order valence-corrected chi connectivity index (χ0v) is 11.8. The molecule has 5 heteroatoms. The second-order valence-electron chi connectivity index (χ2n) is 5.62. The Balaban J connectivity index is 2.95. The average Bonchev–Trinajstić information content (AvgIpc) is 2.24. The molecule has 0 atom stereocenters. The van der Waals surface area contributed by atoms with Crippen LogP contribution in [-0.2, 0) is 6.54 Å². The number of benzene rings is 1. The molecule has 0 aliphatic carbocycles. The van der Waals surface area contributed by atoms with Gasteiger partial charge in [-0.05, 0) is 32.4 Å². The van der Waals surface area contributed by atoms with E-state index in [0.29, 0.717) is 12.1 Å². The highest BCUT2D eigenvalue weighted by atomic mass is 19.3. The van der Waals surface area contributed by atoms with Gasteiger partial charge in [0.05, 0.1) is 12.2 Å². The molecule has 0 unspecified atom stereocenters. The van der Waals surface area contributed by atoms with Crippen molar-refractivity contribution in [2.75, 3.05) is 18.5 Å². The van der Waals surface area contributed by atoms with E-state index in [2.05, 4.69) is 5.32 Å². The van der Waals surface area contributed by atoms with Gasteiger partial charge < -0.3 is 10.2 Å². The molecule has 0 heterocycles. The Hall–Kier alpha value is -1.23.